The van der Waals surface area contributed by atoms with Crippen molar-refractivity contribution in [3.05, 3.63) is 53.6 Å². The molecule has 7 heteroatoms. The van der Waals surface area contributed by atoms with E-state index in [1.807, 2.05) is 0 Å². The Kier molecular flexibility index (Phi) is 4.82. The summed E-state index contributed by atoms with van der Waals surface area (Å²) in [4.78, 5) is 3.82. The van der Waals surface area contributed by atoms with E-state index in [0.29, 0.717) is 23.7 Å². The summed E-state index contributed by atoms with van der Waals surface area (Å²) in [6, 6.07) is 6.39. The lowest BCUT2D eigenvalue weighted by Gasteiger charge is -2.11. The SMILES string of the molecule is CCOc1ccncc1S(=O)(=O)NCc1ccc(C2CC2)c(F)c1. The zero-order chi connectivity index (χ0) is 17.2. The number of ether oxygens (including phenoxy) is 1. The first kappa shape index (κ1) is 16.9. The van der Waals surface area contributed by atoms with Gasteiger partial charge in [-0.25, -0.2) is 17.5 Å². The Morgan fingerprint density at radius 3 is 2.79 bits per heavy atom. The molecule has 3 rings (SSSR count). The van der Waals surface area contributed by atoms with E-state index in [0.717, 1.165) is 12.8 Å². The predicted octanol–water partition coefficient (Wildman–Crippen LogP) is 2.98. The fourth-order valence-electron chi connectivity index (χ4n) is 2.51. The third-order valence-electron chi connectivity index (χ3n) is 3.88. The van der Waals surface area contributed by atoms with Crippen molar-refractivity contribution >= 4 is 10.0 Å². The van der Waals surface area contributed by atoms with Crippen molar-refractivity contribution in [3.63, 3.8) is 0 Å². The number of hydrogen-bond donors (Lipinski definition) is 1. The molecule has 128 valence electrons. The number of rotatable bonds is 7. The number of pyridine rings is 1. The maximum absolute atomic E-state index is 14.0. The van der Waals surface area contributed by atoms with Crippen molar-refractivity contribution in [2.24, 2.45) is 0 Å². The quantitative estimate of drug-likeness (QED) is 0.833. The molecule has 1 saturated carbocycles. The summed E-state index contributed by atoms with van der Waals surface area (Å²) in [5.41, 5.74) is 1.29. The van der Waals surface area contributed by atoms with E-state index in [-0.39, 0.29) is 23.0 Å². The van der Waals surface area contributed by atoms with Gasteiger partial charge in [-0.15, -0.1) is 0 Å². The third-order valence-corrected chi connectivity index (χ3v) is 5.29. The molecule has 5 nitrogen and oxygen atoms in total. The first-order chi connectivity index (χ1) is 11.5. The molecular weight excluding hydrogens is 331 g/mol. The monoisotopic (exact) mass is 350 g/mol. The molecule has 1 aliphatic carbocycles. The van der Waals surface area contributed by atoms with Crippen LogP contribution < -0.4 is 9.46 Å². The van der Waals surface area contributed by atoms with Crippen LogP contribution in [-0.2, 0) is 16.6 Å². The van der Waals surface area contributed by atoms with Crippen LogP contribution in [0.5, 0.6) is 5.75 Å². The van der Waals surface area contributed by atoms with E-state index < -0.39 is 10.0 Å². The first-order valence-corrected chi connectivity index (χ1v) is 9.34. The van der Waals surface area contributed by atoms with Gasteiger partial charge >= 0.3 is 0 Å². The van der Waals surface area contributed by atoms with Gasteiger partial charge in [0.1, 0.15) is 16.5 Å². The van der Waals surface area contributed by atoms with Crippen LogP contribution in [0.25, 0.3) is 0 Å². The van der Waals surface area contributed by atoms with Crippen LogP contribution in [0, 0.1) is 5.82 Å². The van der Waals surface area contributed by atoms with Crippen LogP contribution in [0.3, 0.4) is 0 Å². The van der Waals surface area contributed by atoms with Gasteiger partial charge in [-0.1, -0.05) is 12.1 Å². The van der Waals surface area contributed by atoms with Crippen LogP contribution in [0.15, 0.2) is 41.6 Å². The van der Waals surface area contributed by atoms with Gasteiger partial charge in [-0.05, 0) is 48.9 Å². The molecule has 0 atom stereocenters. The molecule has 1 aromatic heterocycles. The Bertz CT molecular complexity index is 835. The van der Waals surface area contributed by atoms with Gasteiger partial charge in [0.25, 0.3) is 0 Å². The van der Waals surface area contributed by atoms with Crippen molar-refractivity contribution in [2.45, 2.75) is 37.1 Å². The van der Waals surface area contributed by atoms with E-state index >= 15 is 0 Å². The molecule has 0 amide bonds. The molecule has 1 fully saturated rings. The molecular formula is C17H19FN2O3S. The van der Waals surface area contributed by atoms with E-state index in [1.165, 1.54) is 24.5 Å². The summed E-state index contributed by atoms with van der Waals surface area (Å²) in [5, 5.41) is 0. The number of nitrogens with one attached hydrogen (secondary N) is 1. The molecule has 1 aromatic carbocycles. The topological polar surface area (TPSA) is 68.3 Å². The van der Waals surface area contributed by atoms with Gasteiger partial charge < -0.3 is 4.74 Å². The minimum Gasteiger partial charge on any atom is -0.492 e. The van der Waals surface area contributed by atoms with Gasteiger partial charge in [0.05, 0.1) is 12.8 Å². The Morgan fingerprint density at radius 2 is 2.12 bits per heavy atom. The highest BCUT2D eigenvalue weighted by Crippen LogP contribution is 2.41. The van der Waals surface area contributed by atoms with Crippen LogP contribution in [-0.4, -0.2) is 20.0 Å². The largest absolute Gasteiger partial charge is 0.492 e. The van der Waals surface area contributed by atoms with Crippen LogP contribution in [0.4, 0.5) is 4.39 Å². The molecule has 0 spiro atoms. The van der Waals surface area contributed by atoms with Gasteiger partial charge in [-0.2, -0.15) is 0 Å². The van der Waals surface area contributed by atoms with E-state index in [9.17, 15) is 12.8 Å². The van der Waals surface area contributed by atoms with Crippen LogP contribution in [0.1, 0.15) is 36.8 Å². The Morgan fingerprint density at radius 1 is 1.33 bits per heavy atom. The highest BCUT2D eigenvalue weighted by atomic mass is 32.2. The van der Waals surface area contributed by atoms with E-state index in [1.54, 1.807) is 19.1 Å². The lowest BCUT2D eigenvalue weighted by Crippen LogP contribution is -2.24. The number of hydrogen-bond acceptors (Lipinski definition) is 4. The number of aromatic nitrogens is 1. The van der Waals surface area contributed by atoms with Gasteiger partial charge in [0.15, 0.2) is 0 Å². The molecule has 0 radical (unpaired) electrons. The molecule has 0 aliphatic heterocycles. The molecule has 24 heavy (non-hydrogen) atoms. The van der Waals surface area contributed by atoms with Crippen LogP contribution >= 0.6 is 0 Å². The summed E-state index contributed by atoms with van der Waals surface area (Å²) >= 11 is 0. The summed E-state index contributed by atoms with van der Waals surface area (Å²) in [6.07, 6.45) is 4.74. The maximum atomic E-state index is 14.0. The standard InChI is InChI=1S/C17H19FN2O3S/c1-2-23-16-7-8-19-11-17(16)24(21,22)20-10-12-3-6-14(13-4-5-13)15(18)9-12/h3,6-9,11,13,20H,2,4-5,10H2,1H3. The number of sulfonamides is 1. The summed E-state index contributed by atoms with van der Waals surface area (Å²) in [6.45, 7) is 2.12. The highest BCUT2D eigenvalue weighted by molar-refractivity contribution is 7.89. The molecule has 0 bridgehead atoms. The summed E-state index contributed by atoms with van der Waals surface area (Å²) in [7, 11) is -3.80. The second-order valence-corrected chi connectivity index (χ2v) is 7.45. The molecule has 2 aromatic rings. The predicted molar refractivity (Wildman–Crippen MR) is 87.8 cm³/mol. The smallest absolute Gasteiger partial charge is 0.246 e. The third kappa shape index (κ3) is 3.73. The van der Waals surface area contributed by atoms with Crippen LogP contribution in [0.2, 0.25) is 0 Å². The minimum absolute atomic E-state index is 0.00462. The minimum atomic E-state index is -3.80. The van der Waals surface area contributed by atoms with Crippen molar-refractivity contribution < 1.29 is 17.5 Å². The molecule has 0 saturated heterocycles. The number of halogens is 1. The van der Waals surface area contributed by atoms with Crippen molar-refractivity contribution in [1.29, 1.82) is 0 Å². The zero-order valence-electron chi connectivity index (χ0n) is 13.3. The fourth-order valence-corrected chi connectivity index (χ4v) is 3.61. The number of nitrogens with zero attached hydrogens (tertiary/aromatic N) is 1. The van der Waals surface area contributed by atoms with Gasteiger partial charge in [0, 0.05) is 12.7 Å². The average molecular weight is 350 g/mol. The second-order valence-electron chi connectivity index (χ2n) is 5.71. The summed E-state index contributed by atoms with van der Waals surface area (Å²) in [5.74, 6) is 0.292. The summed E-state index contributed by atoms with van der Waals surface area (Å²) < 4.78 is 46.7. The molecule has 1 N–H and O–H groups in total. The molecule has 1 heterocycles. The Labute approximate surface area is 140 Å². The Balaban J connectivity index is 1.74. The fraction of sp³-hybridized carbons (Fsp3) is 0.353. The second kappa shape index (κ2) is 6.86. The molecule has 0 unspecified atom stereocenters. The first-order valence-electron chi connectivity index (χ1n) is 7.86. The Hall–Kier alpha value is -1.99. The molecule has 1 aliphatic rings. The maximum Gasteiger partial charge on any atom is 0.246 e. The number of benzene rings is 1. The lowest BCUT2D eigenvalue weighted by atomic mass is 10.1. The van der Waals surface area contributed by atoms with Gasteiger partial charge in [0.2, 0.25) is 10.0 Å². The zero-order valence-corrected chi connectivity index (χ0v) is 14.1. The van der Waals surface area contributed by atoms with Crippen molar-refractivity contribution in [1.82, 2.24) is 9.71 Å². The van der Waals surface area contributed by atoms with E-state index in [4.69, 9.17) is 4.74 Å². The normalized spacial score (nSPS) is 14.6. The highest BCUT2D eigenvalue weighted by Gasteiger charge is 2.26. The van der Waals surface area contributed by atoms with Gasteiger partial charge in [-0.3, -0.25) is 4.98 Å². The van der Waals surface area contributed by atoms with Crippen molar-refractivity contribution in [2.75, 3.05) is 6.61 Å². The lowest BCUT2D eigenvalue weighted by molar-refractivity contribution is 0.330. The van der Waals surface area contributed by atoms with E-state index in [2.05, 4.69) is 9.71 Å². The van der Waals surface area contributed by atoms with Crippen molar-refractivity contribution in [3.8, 4) is 5.75 Å². The average Bonchev–Trinajstić information content (AvgIpc) is 3.39.